The predicted octanol–water partition coefficient (Wildman–Crippen LogP) is 0.980. The van der Waals surface area contributed by atoms with E-state index < -0.39 is 29.5 Å². The van der Waals surface area contributed by atoms with Crippen LogP contribution in [0.2, 0.25) is 0 Å². The van der Waals surface area contributed by atoms with Gasteiger partial charge < -0.3 is 10.2 Å². The smallest absolute Gasteiger partial charge is 0.0267 e. The van der Waals surface area contributed by atoms with Crippen molar-refractivity contribution in [1.82, 2.24) is 4.98 Å². The minimum atomic E-state index is -2.08. The molecular weight excluding hydrogens is 412 g/mol. The molecule has 2 saturated carbocycles. The van der Waals surface area contributed by atoms with Crippen molar-refractivity contribution in [3.63, 3.8) is 0 Å². The first-order valence-corrected chi connectivity index (χ1v) is 7.86. The molecule has 6 heteroatoms. The summed E-state index contributed by atoms with van der Waals surface area (Å²) >= 11 is -2.08. The molecule has 4 atom stereocenters. The van der Waals surface area contributed by atoms with Crippen LogP contribution in [-0.4, -0.2) is 27.4 Å². The molecule has 2 aliphatic rings. The number of fused-ring (bicyclic) bond motifs is 2. The molecular formula is C12H17NO4Os. The van der Waals surface area contributed by atoms with E-state index in [1.807, 2.05) is 18.2 Å². The van der Waals surface area contributed by atoms with E-state index >= 15 is 0 Å². The second kappa shape index (κ2) is 8.42. The Morgan fingerprint density at radius 2 is 1.39 bits per heavy atom. The van der Waals surface area contributed by atoms with Gasteiger partial charge in [0.25, 0.3) is 0 Å². The topological polar surface area (TPSA) is 87.5 Å². The van der Waals surface area contributed by atoms with Crippen LogP contribution in [0.5, 0.6) is 0 Å². The molecule has 1 heterocycles. The van der Waals surface area contributed by atoms with Gasteiger partial charge in [0.2, 0.25) is 0 Å². The van der Waals surface area contributed by atoms with Crippen LogP contribution >= 0.6 is 0 Å². The first-order chi connectivity index (χ1) is 8.70. The summed E-state index contributed by atoms with van der Waals surface area (Å²) < 4.78 is 17.0. The van der Waals surface area contributed by atoms with E-state index in [0.29, 0.717) is 11.8 Å². The van der Waals surface area contributed by atoms with Gasteiger partial charge in [0.05, 0.1) is 12.2 Å². The van der Waals surface area contributed by atoms with Gasteiger partial charge in [-0.2, -0.15) is 0 Å². The Labute approximate surface area is 114 Å². The molecule has 0 aromatic carbocycles. The fraction of sp³-hybridized carbons (Fsp3) is 0.583. The molecule has 18 heavy (non-hydrogen) atoms. The van der Waals surface area contributed by atoms with Gasteiger partial charge >= 0.3 is 24.4 Å². The van der Waals surface area contributed by atoms with Crippen molar-refractivity contribution in [2.45, 2.75) is 31.5 Å². The molecule has 0 aliphatic heterocycles. The first-order valence-electron chi connectivity index (χ1n) is 5.79. The molecule has 0 saturated heterocycles. The molecule has 2 N–H and O–H groups in total. The van der Waals surface area contributed by atoms with Crippen LogP contribution in [0.25, 0.3) is 0 Å². The summed E-state index contributed by atoms with van der Waals surface area (Å²) in [6.45, 7) is 0. The number of hydrogen-bond acceptors (Lipinski definition) is 5. The van der Waals surface area contributed by atoms with Crippen LogP contribution in [0.1, 0.15) is 19.3 Å². The Balaban J connectivity index is 0.000000157. The van der Waals surface area contributed by atoms with Gasteiger partial charge in [-0.3, -0.25) is 4.98 Å². The van der Waals surface area contributed by atoms with Crippen molar-refractivity contribution in [2.24, 2.45) is 11.8 Å². The standard InChI is InChI=1S/C7H12O2.C5H5N.2O.Os/c8-6-4-1-2-5(3-4)7(6)9;1-2-4-6-5-3-1;;;/h4-9H,1-3H2;1-5H;;;. The summed E-state index contributed by atoms with van der Waals surface area (Å²) in [5, 5.41) is 18.5. The molecule has 102 valence electrons. The fourth-order valence-electron chi connectivity index (χ4n) is 2.54. The molecule has 0 spiro atoms. The van der Waals surface area contributed by atoms with Crippen LogP contribution < -0.4 is 0 Å². The zero-order valence-electron chi connectivity index (χ0n) is 9.83. The first kappa shape index (κ1) is 15.4. The van der Waals surface area contributed by atoms with Crippen LogP contribution in [0.3, 0.4) is 0 Å². The molecule has 1 aromatic heterocycles. The summed E-state index contributed by atoms with van der Waals surface area (Å²) in [4.78, 5) is 3.78. The van der Waals surface area contributed by atoms with Crippen molar-refractivity contribution in [3.8, 4) is 0 Å². The molecule has 2 aliphatic carbocycles. The Morgan fingerprint density at radius 1 is 0.944 bits per heavy atom. The maximum absolute atomic E-state index is 9.24. The quantitative estimate of drug-likeness (QED) is 0.642. The van der Waals surface area contributed by atoms with Gasteiger partial charge in [-0.1, -0.05) is 6.07 Å². The van der Waals surface area contributed by atoms with Crippen molar-refractivity contribution >= 4 is 0 Å². The summed E-state index contributed by atoms with van der Waals surface area (Å²) in [6, 6.07) is 5.72. The third kappa shape index (κ3) is 4.53. The van der Waals surface area contributed by atoms with Gasteiger partial charge in [-0.05, 0) is 43.2 Å². The zero-order chi connectivity index (χ0) is 13.4. The van der Waals surface area contributed by atoms with Crippen molar-refractivity contribution < 1.29 is 34.6 Å². The Hall–Kier alpha value is -0.694. The number of rotatable bonds is 0. The number of hydrogen-bond donors (Lipinski definition) is 2. The van der Waals surface area contributed by atoms with Crippen molar-refractivity contribution in [3.05, 3.63) is 30.6 Å². The maximum Gasteiger partial charge on any atom is 0.0267 e. The maximum atomic E-state index is 9.24. The second-order valence-electron chi connectivity index (χ2n) is 4.40. The number of aliphatic hydroxyl groups excluding tert-OH is 2. The molecule has 0 radical (unpaired) electrons. The third-order valence-electron chi connectivity index (χ3n) is 3.40. The Bertz CT molecular complexity index is 325. The fourth-order valence-corrected chi connectivity index (χ4v) is 2.54. The number of pyridine rings is 1. The molecule has 3 rings (SSSR count). The number of aromatic nitrogens is 1. The molecule has 2 bridgehead atoms. The molecule has 2 fully saturated rings. The second-order valence-corrected chi connectivity index (χ2v) is 4.82. The largest absolute Gasteiger partial charge is 0.265 e. The molecule has 5 nitrogen and oxygen atoms in total. The predicted molar refractivity (Wildman–Crippen MR) is 58.5 cm³/mol. The summed E-state index contributed by atoms with van der Waals surface area (Å²) in [5.41, 5.74) is 0. The average molecular weight is 430 g/mol. The SMILES string of the molecule is OC1C2CCC(C2)C1O.[O]=[Os]=[O].c1ccncc1. The van der Waals surface area contributed by atoms with Crippen LogP contribution in [0.4, 0.5) is 0 Å². The molecule has 1 aromatic rings. The normalized spacial score (nSPS) is 31.9. The summed E-state index contributed by atoms with van der Waals surface area (Å²) in [5.74, 6) is 0.843. The van der Waals surface area contributed by atoms with Gasteiger partial charge in [-0.15, -0.1) is 0 Å². The number of nitrogens with zero attached hydrogens (tertiary/aromatic N) is 1. The van der Waals surface area contributed by atoms with Crippen LogP contribution in [0.15, 0.2) is 30.6 Å². The molecule has 4 unspecified atom stereocenters. The van der Waals surface area contributed by atoms with Crippen LogP contribution in [-0.2, 0) is 24.4 Å². The summed E-state index contributed by atoms with van der Waals surface area (Å²) in [6.07, 6.45) is 6.02. The van der Waals surface area contributed by atoms with E-state index in [4.69, 9.17) is 7.08 Å². The van der Waals surface area contributed by atoms with E-state index in [2.05, 4.69) is 4.98 Å². The zero-order valence-corrected chi connectivity index (χ0v) is 12.4. The van der Waals surface area contributed by atoms with E-state index in [1.165, 1.54) is 0 Å². The van der Waals surface area contributed by atoms with Gasteiger partial charge in [0.15, 0.2) is 0 Å². The third-order valence-corrected chi connectivity index (χ3v) is 3.40. The average Bonchev–Trinajstić information content (AvgIpc) is 2.98. The molecule has 0 amide bonds. The van der Waals surface area contributed by atoms with Gasteiger partial charge in [0.1, 0.15) is 0 Å². The minimum absolute atomic E-state index is 0.399. The van der Waals surface area contributed by atoms with Gasteiger partial charge in [-0.25, -0.2) is 0 Å². The van der Waals surface area contributed by atoms with Crippen molar-refractivity contribution in [2.75, 3.05) is 0 Å². The van der Waals surface area contributed by atoms with E-state index in [0.717, 1.165) is 19.3 Å². The monoisotopic (exact) mass is 431 g/mol. The number of aliphatic hydroxyl groups is 2. The van der Waals surface area contributed by atoms with Crippen molar-refractivity contribution in [1.29, 1.82) is 0 Å². The van der Waals surface area contributed by atoms with Gasteiger partial charge in [0, 0.05) is 12.4 Å². The summed E-state index contributed by atoms with van der Waals surface area (Å²) in [7, 11) is 0. The van der Waals surface area contributed by atoms with E-state index in [1.54, 1.807) is 12.4 Å². The van der Waals surface area contributed by atoms with Crippen LogP contribution in [0, 0.1) is 11.8 Å². The van der Waals surface area contributed by atoms with E-state index in [9.17, 15) is 10.2 Å². The Kier molecular flexibility index (Phi) is 7.18. The Morgan fingerprint density at radius 3 is 1.56 bits per heavy atom. The van der Waals surface area contributed by atoms with E-state index in [-0.39, 0.29) is 0 Å². The minimum Gasteiger partial charge on any atom is -0.265 e.